The first-order valence-electron chi connectivity index (χ1n) is 7.42. The highest BCUT2D eigenvalue weighted by molar-refractivity contribution is 7.13. The van der Waals surface area contributed by atoms with Gasteiger partial charge in [0.2, 0.25) is 5.91 Å². The number of thiazole rings is 1. The summed E-state index contributed by atoms with van der Waals surface area (Å²) in [6.07, 6.45) is 1.12. The number of carbonyl (C=O) groups excluding carboxylic acids is 2. The standard InChI is InChI=1S/C16H20N4O2S/c1-3-7-17-14(21)9-13-10-23-16(19-13)20-15(22)18-12-6-4-5-11(2)8-12/h4-6,8,10H,3,7,9H2,1-2H3,(H,17,21)(H2,18,19,20,22). The Morgan fingerprint density at radius 3 is 2.83 bits per heavy atom. The highest BCUT2D eigenvalue weighted by Crippen LogP contribution is 2.16. The van der Waals surface area contributed by atoms with Gasteiger partial charge in [-0.15, -0.1) is 11.3 Å². The molecule has 0 aliphatic heterocycles. The number of carbonyl (C=O) groups is 2. The van der Waals surface area contributed by atoms with Gasteiger partial charge in [0.1, 0.15) is 0 Å². The van der Waals surface area contributed by atoms with Crippen LogP contribution in [0.3, 0.4) is 0 Å². The maximum absolute atomic E-state index is 11.9. The first-order chi connectivity index (χ1) is 11.1. The zero-order chi connectivity index (χ0) is 16.7. The van der Waals surface area contributed by atoms with Crippen molar-refractivity contribution in [2.75, 3.05) is 17.2 Å². The Hall–Kier alpha value is -2.41. The van der Waals surface area contributed by atoms with E-state index in [2.05, 4.69) is 20.9 Å². The third-order valence-electron chi connectivity index (χ3n) is 2.96. The van der Waals surface area contributed by atoms with Crippen molar-refractivity contribution in [3.05, 3.63) is 40.9 Å². The first-order valence-corrected chi connectivity index (χ1v) is 8.30. The quantitative estimate of drug-likeness (QED) is 0.760. The normalized spacial score (nSPS) is 10.2. The van der Waals surface area contributed by atoms with Crippen LogP contribution in [0.5, 0.6) is 0 Å². The molecule has 0 bridgehead atoms. The molecule has 0 radical (unpaired) electrons. The minimum absolute atomic E-state index is 0.0621. The van der Waals surface area contributed by atoms with Crippen LogP contribution < -0.4 is 16.0 Å². The highest BCUT2D eigenvalue weighted by atomic mass is 32.1. The van der Waals surface area contributed by atoms with Gasteiger partial charge >= 0.3 is 6.03 Å². The molecule has 0 saturated heterocycles. The van der Waals surface area contributed by atoms with E-state index in [1.807, 2.05) is 38.1 Å². The summed E-state index contributed by atoms with van der Waals surface area (Å²) in [5, 5.41) is 10.5. The van der Waals surface area contributed by atoms with E-state index in [0.29, 0.717) is 17.4 Å². The second-order valence-corrected chi connectivity index (χ2v) is 5.98. The number of nitrogens with zero attached hydrogens (tertiary/aromatic N) is 1. The number of hydrogen-bond donors (Lipinski definition) is 3. The average molecular weight is 332 g/mol. The molecule has 1 heterocycles. The van der Waals surface area contributed by atoms with Crippen molar-refractivity contribution in [3.63, 3.8) is 0 Å². The minimum Gasteiger partial charge on any atom is -0.356 e. The lowest BCUT2D eigenvalue weighted by Gasteiger charge is -2.05. The Kier molecular flexibility index (Phi) is 6.10. The average Bonchev–Trinajstić information content (AvgIpc) is 2.91. The molecule has 7 heteroatoms. The SMILES string of the molecule is CCCNC(=O)Cc1csc(NC(=O)Nc2cccc(C)c2)n1. The van der Waals surface area contributed by atoms with E-state index < -0.39 is 0 Å². The summed E-state index contributed by atoms with van der Waals surface area (Å²) >= 11 is 1.29. The van der Waals surface area contributed by atoms with Gasteiger partial charge in [-0.25, -0.2) is 9.78 Å². The second-order valence-electron chi connectivity index (χ2n) is 5.12. The highest BCUT2D eigenvalue weighted by Gasteiger charge is 2.09. The lowest BCUT2D eigenvalue weighted by atomic mass is 10.2. The van der Waals surface area contributed by atoms with Gasteiger partial charge in [0.05, 0.1) is 12.1 Å². The van der Waals surface area contributed by atoms with Crippen LogP contribution >= 0.6 is 11.3 Å². The first kappa shape index (κ1) is 17.0. The van der Waals surface area contributed by atoms with Crippen LogP contribution in [0.4, 0.5) is 15.6 Å². The molecule has 0 atom stereocenters. The van der Waals surface area contributed by atoms with Crippen LogP contribution in [0.1, 0.15) is 24.6 Å². The molecule has 0 aliphatic carbocycles. The fourth-order valence-electron chi connectivity index (χ4n) is 1.92. The molecule has 0 spiro atoms. The van der Waals surface area contributed by atoms with Gasteiger partial charge in [0.25, 0.3) is 0 Å². The predicted octanol–water partition coefficient (Wildman–Crippen LogP) is 3.16. The molecule has 23 heavy (non-hydrogen) atoms. The Morgan fingerprint density at radius 1 is 1.26 bits per heavy atom. The number of urea groups is 1. The fourth-order valence-corrected chi connectivity index (χ4v) is 2.62. The zero-order valence-electron chi connectivity index (χ0n) is 13.2. The summed E-state index contributed by atoms with van der Waals surface area (Å²) in [4.78, 5) is 27.8. The molecule has 0 fully saturated rings. The molecule has 0 saturated carbocycles. The molecule has 0 aliphatic rings. The van der Waals surface area contributed by atoms with E-state index in [4.69, 9.17) is 0 Å². The van der Waals surface area contributed by atoms with Crippen LogP contribution in [0, 0.1) is 6.92 Å². The molecular formula is C16H20N4O2S. The molecule has 2 aromatic rings. The molecule has 1 aromatic heterocycles. The molecule has 6 nitrogen and oxygen atoms in total. The fraction of sp³-hybridized carbons (Fsp3) is 0.312. The Balaban J connectivity index is 1.86. The van der Waals surface area contributed by atoms with E-state index in [0.717, 1.165) is 17.7 Å². The molecule has 3 N–H and O–H groups in total. The maximum Gasteiger partial charge on any atom is 0.325 e. The minimum atomic E-state index is -0.355. The van der Waals surface area contributed by atoms with Crippen LogP contribution in [0.15, 0.2) is 29.6 Å². The number of amides is 3. The van der Waals surface area contributed by atoms with Crippen LogP contribution in [0.25, 0.3) is 0 Å². The predicted molar refractivity (Wildman–Crippen MR) is 92.9 cm³/mol. The Labute approximate surface area is 139 Å². The van der Waals surface area contributed by atoms with Crippen molar-refractivity contribution in [1.82, 2.24) is 10.3 Å². The van der Waals surface area contributed by atoms with E-state index in [1.165, 1.54) is 11.3 Å². The van der Waals surface area contributed by atoms with Crippen LogP contribution in [-0.4, -0.2) is 23.5 Å². The monoisotopic (exact) mass is 332 g/mol. The van der Waals surface area contributed by atoms with Gasteiger partial charge < -0.3 is 10.6 Å². The van der Waals surface area contributed by atoms with Crippen molar-refractivity contribution < 1.29 is 9.59 Å². The van der Waals surface area contributed by atoms with Gasteiger partial charge in [0.15, 0.2) is 5.13 Å². The lowest BCUT2D eigenvalue weighted by Crippen LogP contribution is -2.25. The smallest absolute Gasteiger partial charge is 0.325 e. The van der Waals surface area contributed by atoms with Gasteiger partial charge in [-0.1, -0.05) is 19.1 Å². The largest absolute Gasteiger partial charge is 0.356 e. The summed E-state index contributed by atoms with van der Waals surface area (Å²) in [7, 11) is 0. The number of aromatic nitrogens is 1. The molecule has 3 amide bonds. The van der Waals surface area contributed by atoms with Crippen molar-refractivity contribution in [1.29, 1.82) is 0 Å². The maximum atomic E-state index is 11.9. The van der Waals surface area contributed by atoms with Crippen molar-refractivity contribution in [2.45, 2.75) is 26.7 Å². The summed E-state index contributed by atoms with van der Waals surface area (Å²) in [5.74, 6) is -0.0621. The van der Waals surface area contributed by atoms with Crippen LogP contribution in [-0.2, 0) is 11.2 Å². The third kappa shape index (κ3) is 5.71. The molecule has 1 aromatic carbocycles. The van der Waals surface area contributed by atoms with E-state index in [-0.39, 0.29) is 18.4 Å². The molecule has 0 unspecified atom stereocenters. The molecule has 2 rings (SSSR count). The van der Waals surface area contributed by atoms with Crippen LogP contribution in [0.2, 0.25) is 0 Å². The summed E-state index contributed by atoms with van der Waals surface area (Å²) in [5.41, 5.74) is 2.44. The van der Waals surface area contributed by atoms with Crippen molar-refractivity contribution in [2.24, 2.45) is 0 Å². The summed E-state index contributed by atoms with van der Waals surface area (Å²) < 4.78 is 0. The van der Waals surface area contributed by atoms with E-state index in [1.54, 1.807) is 5.38 Å². The number of hydrogen-bond acceptors (Lipinski definition) is 4. The summed E-state index contributed by atoms with van der Waals surface area (Å²) in [6.45, 7) is 4.62. The van der Waals surface area contributed by atoms with E-state index in [9.17, 15) is 9.59 Å². The third-order valence-corrected chi connectivity index (χ3v) is 3.77. The number of nitrogens with one attached hydrogen (secondary N) is 3. The summed E-state index contributed by atoms with van der Waals surface area (Å²) in [6, 6.07) is 7.18. The van der Waals surface area contributed by atoms with Gasteiger partial charge in [0, 0.05) is 17.6 Å². The molecule has 122 valence electrons. The van der Waals surface area contributed by atoms with Crippen molar-refractivity contribution >= 4 is 34.1 Å². The zero-order valence-corrected chi connectivity index (χ0v) is 14.0. The number of benzene rings is 1. The molecular weight excluding hydrogens is 312 g/mol. The Bertz CT molecular complexity index is 684. The Morgan fingerprint density at radius 2 is 2.09 bits per heavy atom. The van der Waals surface area contributed by atoms with Gasteiger partial charge in [-0.3, -0.25) is 10.1 Å². The van der Waals surface area contributed by atoms with Gasteiger partial charge in [-0.05, 0) is 31.0 Å². The van der Waals surface area contributed by atoms with Crippen molar-refractivity contribution in [3.8, 4) is 0 Å². The second kappa shape index (κ2) is 8.28. The lowest BCUT2D eigenvalue weighted by molar-refractivity contribution is -0.120. The van der Waals surface area contributed by atoms with Gasteiger partial charge in [-0.2, -0.15) is 0 Å². The topological polar surface area (TPSA) is 83.1 Å². The number of rotatable bonds is 6. The van der Waals surface area contributed by atoms with E-state index >= 15 is 0 Å². The number of aryl methyl sites for hydroxylation is 1. The number of anilines is 2.